The van der Waals surface area contributed by atoms with Gasteiger partial charge in [-0.1, -0.05) is 6.42 Å². The van der Waals surface area contributed by atoms with Crippen LogP contribution in [0.4, 0.5) is 24.5 Å². The first-order valence-corrected chi connectivity index (χ1v) is 9.60. The molecule has 6 nitrogen and oxygen atoms in total. The van der Waals surface area contributed by atoms with Gasteiger partial charge in [0.05, 0.1) is 23.2 Å². The summed E-state index contributed by atoms with van der Waals surface area (Å²) < 4.78 is 63.7. The van der Waals surface area contributed by atoms with Crippen LogP contribution in [0.2, 0.25) is 0 Å². The summed E-state index contributed by atoms with van der Waals surface area (Å²) in [4.78, 5) is 12.4. The first-order chi connectivity index (χ1) is 11.5. The topological polar surface area (TPSA) is 101 Å². The Hall–Kier alpha value is -1.52. The van der Waals surface area contributed by atoms with Gasteiger partial charge in [-0.05, 0) is 37.5 Å². The molecule has 1 fully saturated rings. The molecule has 1 aromatic carbocycles. The molecule has 4 N–H and O–H groups in total. The number of alkyl halides is 3. The Morgan fingerprint density at radius 3 is 2.42 bits per heavy atom. The van der Waals surface area contributed by atoms with E-state index < -0.39 is 33.6 Å². The van der Waals surface area contributed by atoms with Gasteiger partial charge in [-0.2, -0.15) is 13.2 Å². The predicted octanol–water partition coefficient (Wildman–Crippen LogP) is 2.95. The van der Waals surface area contributed by atoms with Crippen LogP contribution in [0.3, 0.4) is 0 Å². The van der Waals surface area contributed by atoms with Gasteiger partial charge in [0.2, 0.25) is 15.9 Å². The van der Waals surface area contributed by atoms with Crippen molar-refractivity contribution < 1.29 is 26.4 Å². The summed E-state index contributed by atoms with van der Waals surface area (Å²) in [6, 6.07) is 2.32. The molecule has 0 aliphatic heterocycles. The molecule has 1 aliphatic rings. The van der Waals surface area contributed by atoms with Gasteiger partial charge in [-0.3, -0.25) is 9.52 Å². The maximum atomic E-state index is 12.9. The molecule has 0 heterocycles. The number of hydrogen-bond donors (Lipinski definition) is 3. The van der Waals surface area contributed by atoms with Crippen LogP contribution in [0, 0.1) is 5.92 Å². The summed E-state index contributed by atoms with van der Waals surface area (Å²) in [7, 11) is -3.72. The molecule has 0 bridgehead atoms. The van der Waals surface area contributed by atoms with Gasteiger partial charge in [0, 0.05) is 12.0 Å². The third-order valence-corrected chi connectivity index (χ3v) is 4.58. The number of rotatable bonds is 4. The average Bonchev–Trinajstić information content (AvgIpc) is 2.46. The minimum Gasteiger partial charge on any atom is -0.328 e. The van der Waals surface area contributed by atoms with E-state index in [1.807, 2.05) is 0 Å². The van der Waals surface area contributed by atoms with Crippen LogP contribution in [-0.2, 0) is 21.0 Å². The number of amides is 1. The summed E-state index contributed by atoms with van der Waals surface area (Å²) in [5, 5.41) is 2.41. The molecule has 148 valence electrons. The van der Waals surface area contributed by atoms with Gasteiger partial charge in [-0.15, -0.1) is 12.4 Å². The lowest BCUT2D eigenvalue weighted by molar-refractivity contribution is -0.137. The van der Waals surface area contributed by atoms with Crippen LogP contribution >= 0.6 is 12.4 Å². The van der Waals surface area contributed by atoms with Gasteiger partial charge in [0.1, 0.15) is 0 Å². The summed E-state index contributed by atoms with van der Waals surface area (Å²) in [5.74, 6) is -0.879. The van der Waals surface area contributed by atoms with E-state index in [0.29, 0.717) is 18.9 Å². The van der Waals surface area contributed by atoms with Crippen molar-refractivity contribution in [3.63, 3.8) is 0 Å². The number of nitrogens with two attached hydrogens (primary N) is 1. The van der Waals surface area contributed by atoms with Gasteiger partial charge in [0.15, 0.2) is 0 Å². The Bertz CT molecular complexity index is 756. The smallest absolute Gasteiger partial charge is 0.328 e. The molecule has 0 spiro atoms. The second kappa shape index (κ2) is 8.45. The number of benzene rings is 1. The van der Waals surface area contributed by atoms with Crippen LogP contribution in [0.15, 0.2) is 18.2 Å². The van der Waals surface area contributed by atoms with E-state index >= 15 is 0 Å². The highest BCUT2D eigenvalue weighted by Gasteiger charge is 2.32. The third kappa shape index (κ3) is 6.33. The summed E-state index contributed by atoms with van der Waals surface area (Å²) in [6.07, 6.45) is -1.15. The molecule has 2 rings (SSSR count). The number of carbonyl (C=O) groups is 1. The molecule has 1 aromatic rings. The Morgan fingerprint density at radius 1 is 1.23 bits per heavy atom. The van der Waals surface area contributed by atoms with Crippen molar-refractivity contribution in [2.45, 2.75) is 37.9 Å². The first kappa shape index (κ1) is 22.5. The molecule has 0 radical (unpaired) electrons. The Kier molecular flexibility index (Phi) is 7.32. The van der Waals surface area contributed by atoms with E-state index in [2.05, 4.69) is 10.0 Å². The number of nitrogens with one attached hydrogen (secondary N) is 2. The Balaban J connectivity index is 0.00000338. The largest absolute Gasteiger partial charge is 0.416 e. The maximum Gasteiger partial charge on any atom is 0.416 e. The van der Waals surface area contributed by atoms with Crippen LogP contribution in [0.1, 0.15) is 31.2 Å². The van der Waals surface area contributed by atoms with Crippen LogP contribution in [0.5, 0.6) is 0 Å². The van der Waals surface area contributed by atoms with Gasteiger partial charge < -0.3 is 11.1 Å². The van der Waals surface area contributed by atoms with Crippen molar-refractivity contribution in [3.05, 3.63) is 23.8 Å². The lowest BCUT2D eigenvalue weighted by Gasteiger charge is -2.26. The van der Waals surface area contributed by atoms with E-state index in [-0.39, 0.29) is 29.8 Å². The minimum atomic E-state index is -4.61. The fourth-order valence-electron chi connectivity index (χ4n) is 2.81. The quantitative estimate of drug-likeness (QED) is 0.703. The van der Waals surface area contributed by atoms with Gasteiger partial charge in [-0.25, -0.2) is 8.42 Å². The van der Waals surface area contributed by atoms with Crippen molar-refractivity contribution in [1.82, 2.24) is 0 Å². The van der Waals surface area contributed by atoms with Gasteiger partial charge in [0.25, 0.3) is 0 Å². The highest BCUT2D eigenvalue weighted by molar-refractivity contribution is 7.92. The normalized spacial score (nSPS) is 20.8. The molecule has 1 saturated carbocycles. The van der Waals surface area contributed by atoms with Crippen LogP contribution < -0.4 is 15.8 Å². The molecule has 0 aromatic heterocycles. The van der Waals surface area contributed by atoms with Crippen molar-refractivity contribution in [1.29, 1.82) is 0 Å². The second-order valence-electron chi connectivity index (χ2n) is 6.25. The third-order valence-electron chi connectivity index (χ3n) is 3.99. The average molecular weight is 416 g/mol. The predicted molar refractivity (Wildman–Crippen MR) is 95.7 cm³/mol. The van der Waals surface area contributed by atoms with Crippen LogP contribution in [0.25, 0.3) is 0 Å². The van der Waals surface area contributed by atoms with E-state index in [9.17, 15) is 26.4 Å². The summed E-state index contributed by atoms with van der Waals surface area (Å²) >= 11 is 0. The fraction of sp³-hybridized carbons (Fsp3) is 0.533. The Labute approximate surface area is 156 Å². The lowest BCUT2D eigenvalue weighted by Crippen LogP contribution is -2.34. The minimum absolute atomic E-state index is 0. The molecular weight excluding hydrogens is 395 g/mol. The van der Waals surface area contributed by atoms with E-state index in [4.69, 9.17) is 5.73 Å². The summed E-state index contributed by atoms with van der Waals surface area (Å²) in [5.41, 5.74) is 4.49. The second-order valence-corrected chi connectivity index (χ2v) is 7.99. The fourth-order valence-corrected chi connectivity index (χ4v) is 3.39. The molecule has 0 saturated heterocycles. The zero-order chi connectivity index (χ0) is 18.8. The van der Waals surface area contributed by atoms with Crippen molar-refractivity contribution in [3.8, 4) is 0 Å². The number of sulfonamides is 1. The SMILES string of the molecule is CS(=O)(=O)Nc1ccc(C(F)(F)F)cc1NC(=O)C1CCCC(N)C1.Cl. The van der Waals surface area contributed by atoms with Gasteiger partial charge >= 0.3 is 6.18 Å². The number of anilines is 2. The standard InChI is InChI=1S/C15H20F3N3O3S.ClH/c1-25(23,24)21-12-6-5-10(15(16,17)18)8-13(12)20-14(22)9-3-2-4-11(19)7-9;/h5-6,8-9,11,21H,2-4,7,19H2,1H3,(H,20,22);1H. The molecule has 2 atom stereocenters. The lowest BCUT2D eigenvalue weighted by atomic mass is 9.85. The molecule has 11 heteroatoms. The van der Waals surface area contributed by atoms with Crippen molar-refractivity contribution >= 4 is 39.7 Å². The van der Waals surface area contributed by atoms with Crippen LogP contribution in [-0.4, -0.2) is 26.6 Å². The molecular formula is C15H21ClF3N3O3S. The highest BCUT2D eigenvalue weighted by Crippen LogP contribution is 2.35. The molecule has 1 amide bonds. The van der Waals surface area contributed by atoms with Crippen molar-refractivity contribution in [2.75, 3.05) is 16.3 Å². The van der Waals surface area contributed by atoms with E-state index in [1.54, 1.807) is 0 Å². The Morgan fingerprint density at radius 2 is 1.88 bits per heavy atom. The maximum absolute atomic E-state index is 12.9. The molecule has 1 aliphatic carbocycles. The zero-order valence-corrected chi connectivity index (χ0v) is 15.6. The number of halogens is 4. The van der Waals surface area contributed by atoms with Crippen molar-refractivity contribution in [2.24, 2.45) is 11.7 Å². The monoisotopic (exact) mass is 415 g/mol. The first-order valence-electron chi connectivity index (χ1n) is 7.71. The number of hydrogen-bond acceptors (Lipinski definition) is 4. The highest BCUT2D eigenvalue weighted by atomic mass is 35.5. The summed E-state index contributed by atoms with van der Waals surface area (Å²) in [6.45, 7) is 0. The molecule has 2 unspecified atom stereocenters. The van der Waals surface area contributed by atoms with E-state index in [0.717, 1.165) is 31.2 Å². The van der Waals surface area contributed by atoms with E-state index in [1.165, 1.54) is 0 Å². The number of carbonyl (C=O) groups excluding carboxylic acids is 1. The zero-order valence-electron chi connectivity index (χ0n) is 14.0. The molecule has 26 heavy (non-hydrogen) atoms.